The van der Waals surface area contributed by atoms with Crippen LogP contribution in [0.5, 0.6) is 5.75 Å². The van der Waals surface area contributed by atoms with Crippen LogP contribution in [0.1, 0.15) is 39.2 Å². The molecule has 0 radical (unpaired) electrons. The van der Waals surface area contributed by atoms with Crippen molar-refractivity contribution in [3.63, 3.8) is 0 Å². The number of nitrogens with zero attached hydrogens (tertiary/aromatic N) is 1. The molecule has 3 aliphatic heterocycles. The fourth-order valence-electron chi connectivity index (χ4n) is 6.06. The molecule has 7 amide bonds. The number of amides is 7. The molecule has 1 spiro atoms. The van der Waals surface area contributed by atoms with Crippen molar-refractivity contribution in [2.75, 3.05) is 13.7 Å². The van der Waals surface area contributed by atoms with Crippen LogP contribution >= 0.6 is 0 Å². The van der Waals surface area contributed by atoms with Crippen LogP contribution in [0.3, 0.4) is 0 Å². The van der Waals surface area contributed by atoms with Crippen molar-refractivity contribution < 1.29 is 33.1 Å². The number of imide groups is 2. The first kappa shape index (κ1) is 22.3. The molecule has 2 unspecified atom stereocenters. The second kappa shape index (κ2) is 7.34. The Bertz CT molecular complexity index is 1640. The zero-order valence-corrected chi connectivity index (χ0v) is 20.1. The van der Waals surface area contributed by atoms with Crippen LogP contribution < -0.4 is 26.0 Å². The quantitative estimate of drug-likeness (QED) is 0.379. The average molecular weight is 515 g/mol. The Morgan fingerprint density at radius 3 is 2.47 bits per heavy atom. The predicted molar refractivity (Wildman–Crippen MR) is 129 cm³/mol. The van der Waals surface area contributed by atoms with Gasteiger partial charge in [-0.05, 0) is 42.2 Å². The van der Waals surface area contributed by atoms with Gasteiger partial charge in [0.05, 0.1) is 13.7 Å². The third-order valence-electron chi connectivity index (χ3n) is 7.93. The first-order valence-electron chi connectivity index (χ1n) is 12.0. The SMILES string of the molecule is COc1ccc2c(c1)C(=O)N(CC1(c3cc4ccc5c(c4o3)CCC53NC(=O)NC3=O)NC(=O)NC1=O)C2. The number of aryl methyl sites for hydroxylation is 1. The van der Waals surface area contributed by atoms with Crippen molar-refractivity contribution >= 4 is 40.8 Å². The number of furan rings is 1. The fraction of sp³-hybridized carbons (Fsp3) is 0.269. The maximum Gasteiger partial charge on any atom is 0.322 e. The Morgan fingerprint density at radius 1 is 0.974 bits per heavy atom. The normalized spacial score (nSPS) is 25.5. The van der Waals surface area contributed by atoms with E-state index in [4.69, 9.17) is 9.15 Å². The van der Waals surface area contributed by atoms with Crippen molar-refractivity contribution in [3.8, 4) is 5.75 Å². The van der Waals surface area contributed by atoms with Gasteiger partial charge < -0.3 is 24.7 Å². The van der Waals surface area contributed by atoms with E-state index >= 15 is 0 Å². The number of fused-ring (bicyclic) bond motifs is 5. The second-order valence-corrected chi connectivity index (χ2v) is 9.93. The highest BCUT2D eigenvalue weighted by Crippen LogP contribution is 2.44. The first-order chi connectivity index (χ1) is 18.2. The summed E-state index contributed by atoms with van der Waals surface area (Å²) in [4.78, 5) is 64.9. The van der Waals surface area contributed by atoms with E-state index in [0.29, 0.717) is 40.7 Å². The van der Waals surface area contributed by atoms with Crippen molar-refractivity contribution in [1.82, 2.24) is 26.2 Å². The first-order valence-corrected chi connectivity index (χ1v) is 12.0. The third kappa shape index (κ3) is 2.82. The molecule has 0 saturated carbocycles. The van der Waals surface area contributed by atoms with Gasteiger partial charge in [-0.1, -0.05) is 18.2 Å². The summed E-state index contributed by atoms with van der Waals surface area (Å²) >= 11 is 0. The number of methoxy groups -OCH3 is 1. The summed E-state index contributed by atoms with van der Waals surface area (Å²) in [5, 5.41) is 10.7. The zero-order chi connectivity index (χ0) is 26.4. The highest BCUT2D eigenvalue weighted by molar-refractivity contribution is 6.10. The number of urea groups is 2. The molecular weight excluding hydrogens is 494 g/mol. The van der Waals surface area contributed by atoms with E-state index in [2.05, 4.69) is 21.3 Å². The molecule has 1 aliphatic carbocycles. The zero-order valence-electron chi connectivity index (χ0n) is 20.1. The molecule has 4 heterocycles. The Labute approximate surface area is 214 Å². The lowest BCUT2D eigenvalue weighted by atomic mass is 9.91. The summed E-state index contributed by atoms with van der Waals surface area (Å²) < 4.78 is 11.5. The minimum atomic E-state index is -1.67. The molecule has 2 fully saturated rings. The van der Waals surface area contributed by atoms with Gasteiger partial charge in [0.15, 0.2) is 5.54 Å². The lowest BCUT2D eigenvalue weighted by Crippen LogP contribution is -2.52. The number of carbonyl (C=O) groups is 5. The predicted octanol–water partition coefficient (Wildman–Crippen LogP) is 1.11. The van der Waals surface area contributed by atoms with Crippen molar-refractivity contribution in [2.24, 2.45) is 0 Å². The third-order valence-corrected chi connectivity index (χ3v) is 7.93. The summed E-state index contributed by atoms with van der Waals surface area (Å²) in [5.74, 6) is -0.661. The van der Waals surface area contributed by atoms with Gasteiger partial charge >= 0.3 is 12.1 Å². The molecule has 4 N–H and O–H groups in total. The Kier molecular flexibility index (Phi) is 4.31. The largest absolute Gasteiger partial charge is 0.497 e. The number of nitrogens with one attached hydrogen (secondary N) is 4. The molecule has 12 heteroatoms. The molecule has 3 aromatic rings. The minimum Gasteiger partial charge on any atom is -0.497 e. The number of ether oxygens (including phenoxy) is 1. The number of benzene rings is 2. The molecule has 2 aromatic carbocycles. The monoisotopic (exact) mass is 515 g/mol. The average Bonchev–Trinajstić information content (AvgIpc) is 3.67. The van der Waals surface area contributed by atoms with Crippen LogP contribution in [0.4, 0.5) is 9.59 Å². The van der Waals surface area contributed by atoms with Gasteiger partial charge in [0.25, 0.3) is 17.7 Å². The van der Waals surface area contributed by atoms with E-state index in [-0.39, 0.29) is 24.8 Å². The molecule has 12 nitrogen and oxygen atoms in total. The highest BCUT2D eigenvalue weighted by Gasteiger charge is 2.55. The lowest BCUT2D eigenvalue weighted by molar-refractivity contribution is -0.125. The molecule has 4 aliphatic rings. The summed E-state index contributed by atoms with van der Waals surface area (Å²) in [6, 6.07) is 9.13. The smallest absolute Gasteiger partial charge is 0.322 e. The maximum absolute atomic E-state index is 13.3. The van der Waals surface area contributed by atoms with Crippen LogP contribution in [0.2, 0.25) is 0 Å². The summed E-state index contributed by atoms with van der Waals surface area (Å²) in [6.07, 6.45) is 0.821. The molecule has 1 aromatic heterocycles. The molecule has 2 saturated heterocycles. The van der Waals surface area contributed by atoms with Gasteiger partial charge in [-0.25, -0.2) is 9.59 Å². The van der Waals surface area contributed by atoms with Crippen LogP contribution in [0, 0.1) is 0 Å². The molecule has 0 bridgehead atoms. The van der Waals surface area contributed by atoms with Crippen molar-refractivity contribution in [2.45, 2.75) is 30.5 Å². The summed E-state index contributed by atoms with van der Waals surface area (Å²) in [5.41, 5.74) is 0.232. The lowest BCUT2D eigenvalue weighted by Gasteiger charge is -2.29. The highest BCUT2D eigenvalue weighted by atomic mass is 16.5. The van der Waals surface area contributed by atoms with E-state index in [1.807, 2.05) is 0 Å². The van der Waals surface area contributed by atoms with Crippen LogP contribution in [0.15, 0.2) is 40.8 Å². The molecule has 2 atom stereocenters. The Balaban J connectivity index is 1.30. The van der Waals surface area contributed by atoms with Gasteiger partial charge in [0, 0.05) is 23.1 Å². The number of hydrogen-bond acceptors (Lipinski definition) is 7. The van der Waals surface area contributed by atoms with E-state index in [0.717, 1.165) is 11.1 Å². The van der Waals surface area contributed by atoms with Gasteiger partial charge in [0.1, 0.15) is 22.6 Å². The van der Waals surface area contributed by atoms with Crippen LogP contribution in [-0.4, -0.2) is 48.3 Å². The van der Waals surface area contributed by atoms with Gasteiger partial charge in [-0.2, -0.15) is 0 Å². The van der Waals surface area contributed by atoms with E-state index in [9.17, 15) is 24.0 Å². The number of hydrogen-bond donors (Lipinski definition) is 4. The molecule has 7 rings (SSSR count). The fourth-order valence-corrected chi connectivity index (χ4v) is 6.06. The second-order valence-electron chi connectivity index (χ2n) is 9.93. The summed E-state index contributed by atoms with van der Waals surface area (Å²) in [7, 11) is 1.51. The van der Waals surface area contributed by atoms with Gasteiger partial charge in [-0.15, -0.1) is 0 Å². The number of carbonyl (C=O) groups excluding carboxylic acids is 5. The Morgan fingerprint density at radius 2 is 1.76 bits per heavy atom. The molecule has 192 valence electrons. The molecular formula is C26H21N5O7. The van der Waals surface area contributed by atoms with Crippen LogP contribution in [0.25, 0.3) is 11.0 Å². The van der Waals surface area contributed by atoms with E-state index in [1.54, 1.807) is 36.4 Å². The van der Waals surface area contributed by atoms with Crippen LogP contribution in [-0.2, 0) is 33.6 Å². The number of rotatable bonds is 4. The summed E-state index contributed by atoms with van der Waals surface area (Å²) in [6.45, 7) is 0.0842. The maximum atomic E-state index is 13.3. The van der Waals surface area contributed by atoms with Gasteiger partial charge in [0.2, 0.25) is 0 Å². The standard InChI is InChI=1S/C26H21N5O7/c1-37-14-4-2-13-10-31(20(32)16(13)9-14)11-26(22(34)28-24(36)30-26)18-8-12-3-5-17-15(19(12)38-18)6-7-25(17)21(33)27-23(35)29-25/h2-5,8-9H,6-7,10-11H2,1H3,(H2,27,29,33,35)(H2,28,30,34,36). The van der Waals surface area contributed by atoms with E-state index in [1.165, 1.54) is 12.0 Å². The molecule has 38 heavy (non-hydrogen) atoms. The topological polar surface area (TPSA) is 159 Å². The van der Waals surface area contributed by atoms with Crippen molar-refractivity contribution in [3.05, 3.63) is 64.4 Å². The minimum absolute atomic E-state index is 0.159. The van der Waals surface area contributed by atoms with Gasteiger partial charge in [-0.3, -0.25) is 25.0 Å². The van der Waals surface area contributed by atoms with E-state index < -0.39 is 35.0 Å². The Hall–Kier alpha value is -4.87. The van der Waals surface area contributed by atoms with Crippen molar-refractivity contribution in [1.29, 1.82) is 0 Å².